The molecule has 0 saturated heterocycles. The molecule has 1 atom stereocenters. The third-order valence-electron chi connectivity index (χ3n) is 4.72. The first kappa shape index (κ1) is 18.7. The number of carbonyl (C=O) groups excluding carboxylic acids is 2. The van der Waals surface area contributed by atoms with Gasteiger partial charge in [0, 0.05) is 18.1 Å². The lowest BCUT2D eigenvalue weighted by molar-refractivity contribution is -0.127. The fourth-order valence-electron chi connectivity index (χ4n) is 3.25. The first-order valence-corrected chi connectivity index (χ1v) is 9.41. The summed E-state index contributed by atoms with van der Waals surface area (Å²) in [6, 6.07) is 12.7. The number of nitrogens with one attached hydrogen (secondary N) is 1. The van der Waals surface area contributed by atoms with Crippen molar-refractivity contribution in [3.8, 4) is 11.4 Å². The summed E-state index contributed by atoms with van der Waals surface area (Å²) in [5, 5.41) is 7.01. The number of anilines is 2. The second kappa shape index (κ2) is 7.75. The molecule has 1 unspecified atom stereocenters. The molecule has 0 bridgehead atoms. The number of benzene rings is 1. The summed E-state index contributed by atoms with van der Waals surface area (Å²) >= 11 is 0. The number of carbonyl (C=O) groups is 2. The Balaban J connectivity index is 1.53. The number of rotatable bonds is 5. The minimum absolute atomic E-state index is 0.0831. The van der Waals surface area contributed by atoms with Gasteiger partial charge in [0.2, 0.25) is 5.91 Å². The van der Waals surface area contributed by atoms with Gasteiger partial charge in [-0.15, -0.1) is 0 Å². The Hall–Kier alpha value is -3.68. The molecule has 2 amide bonds. The van der Waals surface area contributed by atoms with Crippen LogP contribution in [-0.4, -0.2) is 39.2 Å². The summed E-state index contributed by atoms with van der Waals surface area (Å²) in [6.07, 6.45) is 3.06. The minimum Gasteiger partial charge on any atom is -0.481 e. The van der Waals surface area contributed by atoms with E-state index < -0.39 is 6.10 Å². The molecule has 2 aromatic heterocycles. The zero-order valence-corrected chi connectivity index (χ0v) is 16.2. The summed E-state index contributed by atoms with van der Waals surface area (Å²) in [7, 11) is 0. The molecular weight excluding hydrogens is 370 g/mol. The van der Waals surface area contributed by atoms with Crippen molar-refractivity contribution in [3.05, 3.63) is 60.6 Å². The topological polar surface area (TPSA) is 89.4 Å². The summed E-state index contributed by atoms with van der Waals surface area (Å²) in [6.45, 7) is 3.76. The van der Waals surface area contributed by atoms with Crippen LogP contribution < -0.4 is 15.0 Å². The van der Waals surface area contributed by atoms with E-state index >= 15 is 0 Å². The predicted molar refractivity (Wildman–Crippen MR) is 108 cm³/mol. The normalized spacial score (nSPS) is 14.1. The van der Waals surface area contributed by atoms with Crippen molar-refractivity contribution in [2.45, 2.75) is 26.4 Å². The Morgan fingerprint density at radius 2 is 2.00 bits per heavy atom. The fourth-order valence-corrected chi connectivity index (χ4v) is 3.25. The maximum atomic E-state index is 13.1. The zero-order chi connectivity index (χ0) is 20.4. The van der Waals surface area contributed by atoms with Crippen LogP contribution in [0.5, 0.6) is 5.75 Å². The van der Waals surface area contributed by atoms with Crippen molar-refractivity contribution >= 4 is 23.3 Å². The van der Waals surface area contributed by atoms with Crippen LogP contribution in [0.3, 0.4) is 0 Å². The molecule has 1 aliphatic heterocycles. The molecule has 1 aliphatic rings. The molecule has 29 heavy (non-hydrogen) atoms. The Bertz CT molecular complexity index is 1040. The van der Waals surface area contributed by atoms with E-state index in [-0.39, 0.29) is 18.4 Å². The van der Waals surface area contributed by atoms with Gasteiger partial charge in [-0.1, -0.05) is 6.92 Å². The smallest absolute Gasteiger partial charge is 0.269 e. The minimum atomic E-state index is -0.729. The van der Waals surface area contributed by atoms with Crippen molar-refractivity contribution in [2.75, 3.05) is 16.8 Å². The van der Waals surface area contributed by atoms with Crippen LogP contribution in [0, 0.1) is 6.92 Å². The monoisotopic (exact) mass is 391 g/mol. The van der Waals surface area contributed by atoms with E-state index in [4.69, 9.17) is 4.74 Å². The number of hydrogen-bond acceptors (Lipinski definition) is 5. The number of pyridine rings is 1. The molecule has 8 nitrogen and oxygen atoms in total. The highest BCUT2D eigenvalue weighted by molar-refractivity contribution is 6.10. The van der Waals surface area contributed by atoms with Crippen molar-refractivity contribution < 1.29 is 14.3 Å². The molecular formula is C21H21N5O3. The first-order chi connectivity index (χ1) is 14.1. The molecule has 0 spiro atoms. The van der Waals surface area contributed by atoms with E-state index in [9.17, 15) is 9.59 Å². The molecule has 0 saturated carbocycles. The third kappa shape index (κ3) is 3.69. The Kier molecular flexibility index (Phi) is 4.99. The van der Waals surface area contributed by atoms with Crippen molar-refractivity contribution in [1.29, 1.82) is 0 Å². The standard InChI is InChI=1S/C21H21N5O3/c1-3-18(21(28)25-13-19(27)24-17-5-4-11-22-20(17)25)29-16-8-6-15(7-9-16)26-14(2)10-12-23-26/h4-12,18H,3,13H2,1-2H3,(H,24,27). The van der Waals surface area contributed by atoms with Crippen molar-refractivity contribution in [2.24, 2.45) is 0 Å². The van der Waals surface area contributed by atoms with Gasteiger partial charge in [-0.25, -0.2) is 9.67 Å². The Morgan fingerprint density at radius 1 is 1.21 bits per heavy atom. The molecule has 0 fully saturated rings. The highest BCUT2D eigenvalue weighted by atomic mass is 16.5. The van der Waals surface area contributed by atoms with Crippen LogP contribution in [0.4, 0.5) is 11.5 Å². The second-order valence-electron chi connectivity index (χ2n) is 6.74. The highest BCUT2D eigenvalue weighted by Crippen LogP contribution is 2.28. The molecule has 148 valence electrons. The molecule has 0 radical (unpaired) electrons. The lowest BCUT2D eigenvalue weighted by Crippen LogP contribution is -2.48. The molecule has 3 aromatic rings. The largest absolute Gasteiger partial charge is 0.481 e. The quantitative estimate of drug-likeness (QED) is 0.722. The van der Waals surface area contributed by atoms with Gasteiger partial charge in [0.1, 0.15) is 12.3 Å². The van der Waals surface area contributed by atoms with Crippen LogP contribution in [0.15, 0.2) is 54.9 Å². The number of aromatic nitrogens is 3. The number of hydrogen-bond donors (Lipinski definition) is 1. The van der Waals surface area contributed by atoms with Gasteiger partial charge in [-0.3, -0.25) is 14.5 Å². The average Bonchev–Trinajstić information content (AvgIpc) is 3.17. The summed E-state index contributed by atoms with van der Waals surface area (Å²) in [4.78, 5) is 30.7. The van der Waals surface area contributed by atoms with Gasteiger partial charge in [0.15, 0.2) is 11.9 Å². The molecule has 4 rings (SSSR count). The number of amides is 2. The SMILES string of the molecule is CCC(Oc1ccc(-n2nccc2C)cc1)C(=O)N1CC(=O)Nc2cccnc21. The van der Waals surface area contributed by atoms with Gasteiger partial charge in [-0.05, 0) is 55.8 Å². The summed E-state index contributed by atoms with van der Waals surface area (Å²) < 4.78 is 7.77. The van der Waals surface area contributed by atoms with Gasteiger partial charge in [0.05, 0.1) is 11.4 Å². The van der Waals surface area contributed by atoms with Crippen molar-refractivity contribution in [1.82, 2.24) is 14.8 Å². The number of fused-ring (bicyclic) bond motifs is 1. The van der Waals surface area contributed by atoms with Gasteiger partial charge < -0.3 is 10.1 Å². The predicted octanol–water partition coefficient (Wildman–Crippen LogP) is 2.72. The van der Waals surface area contributed by atoms with E-state index in [0.29, 0.717) is 23.7 Å². The number of nitrogens with zero attached hydrogens (tertiary/aromatic N) is 4. The fraction of sp³-hybridized carbons (Fsp3) is 0.238. The van der Waals surface area contributed by atoms with Gasteiger partial charge in [0.25, 0.3) is 5.91 Å². The van der Waals surface area contributed by atoms with Crippen LogP contribution in [-0.2, 0) is 9.59 Å². The highest BCUT2D eigenvalue weighted by Gasteiger charge is 2.33. The average molecular weight is 391 g/mol. The lowest BCUT2D eigenvalue weighted by atomic mass is 10.2. The molecule has 0 aliphatic carbocycles. The number of ether oxygens (including phenoxy) is 1. The Morgan fingerprint density at radius 3 is 2.69 bits per heavy atom. The van der Waals surface area contributed by atoms with E-state index in [0.717, 1.165) is 11.4 Å². The molecule has 1 N–H and O–H groups in total. The Labute approximate surface area is 168 Å². The van der Waals surface area contributed by atoms with Crippen LogP contribution in [0.25, 0.3) is 5.69 Å². The van der Waals surface area contributed by atoms with Crippen molar-refractivity contribution in [3.63, 3.8) is 0 Å². The molecule has 3 heterocycles. The van der Waals surface area contributed by atoms with E-state index in [2.05, 4.69) is 15.4 Å². The zero-order valence-electron chi connectivity index (χ0n) is 16.2. The van der Waals surface area contributed by atoms with E-state index in [1.807, 2.05) is 48.9 Å². The van der Waals surface area contributed by atoms with E-state index in [1.54, 1.807) is 24.5 Å². The van der Waals surface area contributed by atoms with Crippen LogP contribution in [0.1, 0.15) is 19.0 Å². The maximum Gasteiger partial charge on any atom is 0.269 e. The third-order valence-corrected chi connectivity index (χ3v) is 4.72. The van der Waals surface area contributed by atoms with Gasteiger partial charge >= 0.3 is 0 Å². The molecule has 8 heteroatoms. The van der Waals surface area contributed by atoms with E-state index in [1.165, 1.54) is 4.90 Å². The maximum absolute atomic E-state index is 13.1. The summed E-state index contributed by atoms with van der Waals surface area (Å²) in [5.74, 6) is 0.451. The lowest BCUT2D eigenvalue weighted by Gasteiger charge is -2.30. The van der Waals surface area contributed by atoms with Crippen LogP contribution >= 0.6 is 0 Å². The first-order valence-electron chi connectivity index (χ1n) is 9.41. The van der Waals surface area contributed by atoms with Crippen LogP contribution in [0.2, 0.25) is 0 Å². The molecule has 1 aromatic carbocycles. The summed E-state index contributed by atoms with van der Waals surface area (Å²) in [5.41, 5.74) is 2.45. The second-order valence-corrected chi connectivity index (χ2v) is 6.74. The number of aryl methyl sites for hydroxylation is 1. The van der Waals surface area contributed by atoms with Gasteiger partial charge in [-0.2, -0.15) is 5.10 Å².